The molecule has 0 saturated carbocycles. The molecule has 1 amide bonds. The van der Waals surface area contributed by atoms with Gasteiger partial charge in [-0.3, -0.25) is 4.79 Å². The van der Waals surface area contributed by atoms with Gasteiger partial charge in [0.2, 0.25) is 0 Å². The van der Waals surface area contributed by atoms with Gasteiger partial charge >= 0.3 is 0 Å². The molecule has 0 radical (unpaired) electrons. The molecule has 1 saturated heterocycles. The zero-order valence-electron chi connectivity index (χ0n) is 16.9. The largest absolute Gasteiger partial charge is 0.378 e. The van der Waals surface area contributed by atoms with Crippen LogP contribution in [0.2, 0.25) is 0 Å². The first-order valence-electron chi connectivity index (χ1n) is 10.2. The van der Waals surface area contributed by atoms with Gasteiger partial charge in [-0.25, -0.2) is 15.0 Å². The van der Waals surface area contributed by atoms with Crippen molar-refractivity contribution in [2.24, 2.45) is 0 Å². The minimum Gasteiger partial charge on any atom is -0.378 e. The number of fused-ring (bicyclic) bond motifs is 1. The van der Waals surface area contributed by atoms with E-state index in [0.29, 0.717) is 24.5 Å². The Morgan fingerprint density at radius 3 is 2.65 bits per heavy atom. The number of benzene rings is 2. The highest BCUT2D eigenvalue weighted by molar-refractivity contribution is 6.04. The molecule has 7 nitrogen and oxygen atoms in total. The molecular weight excluding hydrogens is 390 g/mol. The molecule has 0 bridgehead atoms. The van der Waals surface area contributed by atoms with Crippen LogP contribution in [0.3, 0.4) is 0 Å². The van der Waals surface area contributed by atoms with Gasteiger partial charge in [-0.1, -0.05) is 30.3 Å². The van der Waals surface area contributed by atoms with E-state index in [9.17, 15) is 4.79 Å². The zero-order valence-corrected chi connectivity index (χ0v) is 16.9. The SMILES string of the molecule is O=C(Nc1cccc(-c2ncnc3ccccc23)c1)c1ccc(N2CCOCC2)nc1. The summed E-state index contributed by atoms with van der Waals surface area (Å²) in [6, 6.07) is 19.2. The maximum absolute atomic E-state index is 12.8. The Morgan fingerprint density at radius 1 is 0.935 bits per heavy atom. The second kappa shape index (κ2) is 8.49. The van der Waals surface area contributed by atoms with E-state index in [1.54, 1.807) is 18.6 Å². The monoisotopic (exact) mass is 411 g/mol. The van der Waals surface area contributed by atoms with Crippen molar-refractivity contribution < 1.29 is 9.53 Å². The second-order valence-corrected chi connectivity index (χ2v) is 7.28. The number of carbonyl (C=O) groups excluding carboxylic acids is 1. The molecule has 1 aliphatic rings. The summed E-state index contributed by atoms with van der Waals surface area (Å²) in [5.41, 5.74) is 3.83. The van der Waals surface area contributed by atoms with Crippen molar-refractivity contribution in [3.8, 4) is 11.3 Å². The lowest BCUT2D eigenvalue weighted by atomic mass is 10.1. The topological polar surface area (TPSA) is 80.2 Å². The molecule has 4 aromatic rings. The van der Waals surface area contributed by atoms with Crippen LogP contribution in [0, 0.1) is 0 Å². The third-order valence-corrected chi connectivity index (χ3v) is 5.28. The number of rotatable bonds is 4. The van der Waals surface area contributed by atoms with E-state index in [-0.39, 0.29) is 5.91 Å². The quantitative estimate of drug-likeness (QED) is 0.551. The summed E-state index contributed by atoms with van der Waals surface area (Å²) < 4.78 is 5.37. The molecule has 2 aromatic carbocycles. The number of hydrogen-bond acceptors (Lipinski definition) is 6. The number of hydrogen-bond donors (Lipinski definition) is 1. The normalized spacial score (nSPS) is 13.9. The predicted octanol–water partition coefficient (Wildman–Crippen LogP) is 3.78. The molecule has 0 spiro atoms. The Labute approximate surface area is 179 Å². The molecule has 3 heterocycles. The maximum atomic E-state index is 12.8. The number of aromatic nitrogens is 3. The van der Waals surface area contributed by atoms with Gasteiger partial charge < -0.3 is 15.0 Å². The number of carbonyl (C=O) groups is 1. The van der Waals surface area contributed by atoms with Crippen molar-refractivity contribution in [2.45, 2.75) is 0 Å². The van der Waals surface area contributed by atoms with Crippen LogP contribution in [-0.4, -0.2) is 47.2 Å². The summed E-state index contributed by atoms with van der Waals surface area (Å²) in [5, 5.41) is 3.93. The third-order valence-electron chi connectivity index (χ3n) is 5.28. The summed E-state index contributed by atoms with van der Waals surface area (Å²) in [4.78, 5) is 28.1. The van der Waals surface area contributed by atoms with Crippen LogP contribution in [-0.2, 0) is 4.74 Å². The summed E-state index contributed by atoms with van der Waals surface area (Å²) in [7, 11) is 0. The summed E-state index contributed by atoms with van der Waals surface area (Å²) >= 11 is 0. The molecule has 154 valence electrons. The van der Waals surface area contributed by atoms with Crippen molar-refractivity contribution in [3.63, 3.8) is 0 Å². The predicted molar refractivity (Wildman–Crippen MR) is 120 cm³/mol. The van der Waals surface area contributed by atoms with E-state index in [1.807, 2.05) is 54.6 Å². The fourth-order valence-electron chi connectivity index (χ4n) is 3.68. The summed E-state index contributed by atoms with van der Waals surface area (Å²) in [6.45, 7) is 3.01. The smallest absolute Gasteiger partial charge is 0.257 e. The lowest BCUT2D eigenvalue weighted by Crippen LogP contribution is -2.36. The molecule has 0 aliphatic carbocycles. The van der Waals surface area contributed by atoms with Crippen molar-refractivity contribution in [3.05, 3.63) is 78.8 Å². The Balaban J connectivity index is 1.35. The minimum absolute atomic E-state index is 0.203. The Kier molecular flexibility index (Phi) is 5.24. The fourth-order valence-corrected chi connectivity index (χ4v) is 3.68. The van der Waals surface area contributed by atoms with Gasteiger partial charge in [-0.2, -0.15) is 0 Å². The fraction of sp³-hybridized carbons (Fsp3) is 0.167. The van der Waals surface area contributed by atoms with Gasteiger partial charge in [-0.05, 0) is 30.3 Å². The number of nitrogens with zero attached hydrogens (tertiary/aromatic N) is 4. The molecular formula is C24H21N5O2. The third kappa shape index (κ3) is 4.08. The van der Waals surface area contributed by atoms with Crippen LogP contribution < -0.4 is 10.2 Å². The van der Waals surface area contributed by atoms with Crippen molar-refractivity contribution in [1.82, 2.24) is 15.0 Å². The molecule has 7 heteroatoms. The molecule has 31 heavy (non-hydrogen) atoms. The zero-order chi connectivity index (χ0) is 21.0. The van der Waals surface area contributed by atoms with E-state index in [1.165, 1.54) is 0 Å². The maximum Gasteiger partial charge on any atom is 0.257 e. The van der Waals surface area contributed by atoms with Gasteiger partial charge in [0.15, 0.2) is 0 Å². The van der Waals surface area contributed by atoms with Gasteiger partial charge in [0.05, 0.1) is 30.0 Å². The van der Waals surface area contributed by atoms with Gasteiger partial charge in [0.25, 0.3) is 5.91 Å². The van der Waals surface area contributed by atoms with E-state index < -0.39 is 0 Å². The highest BCUT2D eigenvalue weighted by Crippen LogP contribution is 2.27. The van der Waals surface area contributed by atoms with Gasteiger partial charge in [0, 0.05) is 35.9 Å². The molecule has 1 fully saturated rings. The van der Waals surface area contributed by atoms with Crippen LogP contribution in [0.25, 0.3) is 22.2 Å². The number of anilines is 2. The van der Waals surface area contributed by atoms with Crippen LogP contribution in [0.4, 0.5) is 11.5 Å². The van der Waals surface area contributed by atoms with Gasteiger partial charge in [-0.15, -0.1) is 0 Å². The highest BCUT2D eigenvalue weighted by atomic mass is 16.5. The van der Waals surface area contributed by atoms with Crippen LogP contribution in [0.15, 0.2) is 73.2 Å². The minimum atomic E-state index is -0.203. The van der Waals surface area contributed by atoms with Crippen molar-refractivity contribution >= 4 is 28.3 Å². The molecule has 5 rings (SSSR count). The average molecular weight is 411 g/mol. The Morgan fingerprint density at radius 2 is 1.81 bits per heavy atom. The number of nitrogens with one attached hydrogen (secondary N) is 1. The van der Waals surface area contributed by atoms with Crippen molar-refractivity contribution in [2.75, 3.05) is 36.5 Å². The highest BCUT2D eigenvalue weighted by Gasteiger charge is 2.14. The van der Waals surface area contributed by atoms with E-state index in [0.717, 1.165) is 41.1 Å². The molecule has 2 aromatic heterocycles. The van der Waals surface area contributed by atoms with E-state index >= 15 is 0 Å². The lowest BCUT2D eigenvalue weighted by molar-refractivity contribution is 0.102. The first-order chi connectivity index (χ1) is 15.3. The number of ether oxygens (including phenoxy) is 1. The van der Waals surface area contributed by atoms with Crippen molar-refractivity contribution in [1.29, 1.82) is 0 Å². The lowest BCUT2D eigenvalue weighted by Gasteiger charge is -2.27. The summed E-state index contributed by atoms with van der Waals surface area (Å²) in [6.07, 6.45) is 3.17. The van der Waals surface area contributed by atoms with Crippen LogP contribution in [0.1, 0.15) is 10.4 Å². The molecule has 1 aliphatic heterocycles. The van der Waals surface area contributed by atoms with E-state index in [4.69, 9.17) is 4.74 Å². The number of amides is 1. The number of pyridine rings is 1. The second-order valence-electron chi connectivity index (χ2n) is 7.28. The Bertz CT molecular complexity index is 1210. The number of morpholine rings is 1. The van der Waals surface area contributed by atoms with Crippen LogP contribution in [0.5, 0.6) is 0 Å². The standard InChI is InChI=1S/C24H21N5O2/c30-24(18-8-9-22(25-15-18)29-10-12-31-13-11-29)28-19-5-3-4-17(14-19)23-20-6-1-2-7-21(20)26-16-27-23/h1-9,14-16H,10-13H2,(H,28,30). The first kappa shape index (κ1) is 19.1. The summed E-state index contributed by atoms with van der Waals surface area (Å²) in [5.74, 6) is 0.656. The molecule has 0 atom stereocenters. The van der Waals surface area contributed by atoms with Gasteiger partial charge in [0.1, 0.15) is 12.1 Å². The average Bonchev–Trinajstić information content (AvgIpc) is 2.84. The number of para-hydroxylation sites is 1. The Hall–Kier alpha value is -3.84. The molecule has 0 unspecified atom stereocenters. The molecule has 1 N–H and O–H groups in total. The van der Waals surface area contributed by atoms with E-state index in [2.05, 4.69) is 25.2 Å². The first-order valence-corrected chi connectivity index (χ1v) is 10.2. The van der Waals surface area contributed by atoms with Crippen LogP contribution >= 0.6 is 0 Å².